The topological polar surface area (TPSA) is 63.9 Å². The van der Waals surface area contributed by atoms with E-state index < -0.39 is 0 Å². The van der Waals surface area contributed by atoms with Crippen molar-refractivity contribution >= 4 is 11.0 Å². The number of fused-ring (bicyclic) bond motifs is 1. The van der Waals surface area contributed by atoms with E-state index in [1.807, 2.05) is 18.3 Å². The molecule has 0 aliphatic heterocycles. The van der Waals surface area contributed by atoms with Gasteiger partial charge in [0.05, 0.1) is 6.20 Å². The number of nitrogens with two attached hydrogens (primary N) is 1. The molecule has 2 heterocycles. The molecule has 0 saturated carbocycles. The first-order valence-electron chi connectivity index (χ1n) is 4.16. The second kappa shape index (κ2) is 3.45. The lowest BCUT2D eigenvalue weighted by molar-refractivity contribution is 0.327. The van der Waals surface area contributed by atoms with Gasteiger partial charge in [0.2, 0.25) is 0 Å². The highest BCUT2D eigenvalue weighted by atomic mass is 16.5. The van der Waals surface area contributed by atoms with E-state index in [1.165, 1.54) is 0 Å². The Morgan fingerprint density at radius 1 is 1.54 bits per heavy atom. The highest BCUT2D eigenvalue weighted by Gasteiger charge is 1.97. The van der Waals surface area contributed by atoms with E-state index in [9.17, 15) is 0 Å². The van der Waals surface area contributed by atoms with E-state index in [0.717, 1.165) is 16.8 Å². The van der Waals surface area contributed by atoms with E-state index >= 15 is 0 Å². The lowest BCUT2D eigenvalue weighted by Crippen LogP contribution is -2.10. The molecule has 0 aliphatic rings. The summed E-state index contributed by atoms with van der Waals surface area (Å²) in [6, 6.07) is 3.89. The molecule has 4 heteroatoms. The third-order valence-electron chi connectivity index (χ3n) is 1.76. The van der Waals surface area contributed by atoms with Crippen LogP contribution in [0.1, 0.15) is 0 Å². The van der Waals surface area contributed by atoms with Gasteiger partial charge >= 0.3 is 0 Å². The van der Waals surface area contributed by atoms with Crippen LogP contribution in [0.3, 0.4) is 0 Å². The number of nitrogens with one attached hydrogen (secondary N) is 1. The van der Waals surface area contributed by atoms with Gasteiger partial charge in [0, 0.05) is 18.1 Å². The number of nitrogens with zero attached hydrogens (tertiary/aromatic N) is 1. The van der Waals surface area contributed by atoms with Gasteiger partial charge in [-0.2, -0.15) is 0 Å². The summed E-state index contributed by atoms with van der Waals surface area (Å²) in [5, 5.41) is 1.05. The molecule has 0 unspecified atom stereocenters. The van der Waals surface area contributed by atoms with Crippen LogP contribution in [0.15, 0.2) is 24.5 Å². The van der Waals surface area contributed by atoms with Crippen molar-refractivity contribution in [3.05, 3.63) is 24.5 Å². The van der Waals surface area contributed by atoms with Gasteiger partial charge in [-0.05, 0) is 12.1 Å². The van der Waals surface area contributed by atoms with Crippen LogP contribution in [0, 0.1) is 0 Å². The zero-order valence-electron chi connectivity index (χ0n) is 7.16. The van der Waals surface area contributed by atoms with Crippen LogP contribution < -0.4 is 10.5 Å². The van der Waals surface area contributed by atoms with Crippen molar-refractivity contribution < 1.29 is 4.74 Å². The normalized spacial score (nSPS) is 10.5. The van der Waals surface area contributed by atoms with Gasteiger partial charge in [-0.15, -0.1) is 0 Å². The summed E-state index contributed by atoms with van der Waals surface area (Å²) in [5.74, 6) is 0.762. The lowest BCUT2D eigenvalue weighted by atomic mass is 10.3. The second-order valence-electron chi connectivity index (χ2n) is 2.72. The monoisotopic (exact) mass is 177 g/mol. The van der Waals surface area contributed by atoms with Gasteiger partial charge in [-0.1, -0.05) is 0 Å². The van der Waals surface area contributed by atoms with E-state index in [4.69, 9.17) is 10.5 Å². The molecule has 2 rings (SSSR count). The predicted molar refractivity (Wildman–Crippen MR) is 50.6 cm³/mol. The summed E-state index contributed by atoms with van der Waals surface area (Å²) < 4.78 is 5.33. The Kier molecular flexibility index (Phi) is 2.14. The largest absolute Gasteiger partial charge is 0.491 e. The Labute approximate surface area is 75.7 Å². The maximum atomic E-state index is 5.33. The summed E-state index contributed by atoms with van der Waals surface area (Å²) in [6.07, 6.45) is 3.54. The lowest BCUT2D eigenvalue weighted by Gasteiger charge is -2.02. The Balaban J connectivity index is 2.26. The molecule has 4 nitrogen and oxygen atoms in total. The highest BCUT2D eigenvalue weighted by Crippen LogP contribution is 2.16. The van der Waals surface area contributed by atoms with E-state index in [0.29, 0.717) is 13.2 Å². The fraction of sp³-hybridized carbons (Fsp3) is 0.222. The van der Waals surface area contributed by atoms with Crippen LogP contribution in [-0.4, -0.2) is 23.1 Å². The second-order valence-corrected chi connectivity index (χ2v) is 2.72. The quantitative estimate of drug-likeness (QED) is 0.732. The predicted octanol–water partition coefficient (Wildman–Crippen LogP) is 0.900. The van der Waals surface area contributed by atoms with Crippen molar-refractivity contribution in [2.75, 3.05) is 13.2 Å². The van der Waals surface area contributed by atoms with Gasteiger partial charge in [-0.3, -0.25) is 0 Å². The number of rotatable bonds is 3. The summed E-state index contributed by atoms with van der Waals surface area (Å²) in [7, 11) is 0. The fourth-order valence-corrected chi connectivity index (χ4v) is 1.18. The molecule has 0 bridgehead atoms. The minimum absolute atomic E-state index is 0.519. The zero-order chi connectivity index (χ0) is 9.10. The van der Waals surface area contributed by atoms with Gasteiger partial charge in [-0.25, -0.2) is 4.98 Å². The average molecular weight is 177 g/mol. The molecule has 2 aromatic rings. The molecule has 0 fully saturated rings. The summed E-state index contributed by atoms with van der Waals surface area (Å²) in [6.45, 7) is 1.04. The number of pyridine rings is 1. The molecule has 0 amide bonds. The first-order chi connectivity index (χ1) is 6.40. The average Bonchev–Trinajstić information content (AvgIpc) is 2.61. The van der Waals surface area contributed by atoms with Crippen molar-refractivity contribution in [3.63, 3.8) is 0 Å². The van der Waals surface area contributed by atoms with Crippen LogP contribution in [0.2, 0.25) is 0 Å². The van der Waals surface area contributed by atoms with Crippen molar-refractivity contribution in [2.24, 2.45) is 5.73 Å². The summed E-state index contributed by atoms with van der Waals surface area (Å²) in [4.78, 5) is 7.18. The van der Waals surface area contributed by atoms with Crippen molar-refractivity contribution in [3.8, 4) is 5.75 Å². The number of hydrogen-bond donors (Lipinski definition) is 2. The standard InChI is InChI=1S/C9H11N3O/c10-2-4-13-8-5-7-1-3-11-9(7)12-6-8/h1,3,5-6H,2,4,10H2,(H,11,12). The van der Waals surface area contributed by atoms with E-state index in [2.05, 4.69) is 9.97 Å². The molecule has 0 radical (unpaired) electrons. The highest BCUT2D eigenvalue weighted by molar-refractivity contribution is 5.76. The molecule has 0 saturated heterocycles. The molecular weight excluding hydrogens is 166 g/mol. The maximum Gasteiger partial charge on any atom is 0.138 e. The molecule has 13 heavy (non-hydrogen) atoms. The molecule has 3 N–H and O–H groups in total. The molecule has 0 aliphatic carbocycles. The van der Waals surface area contributed by atoms with Crippen LogP contribution in [-0.2, 0) is 0 Å². The maximum absolute atomic E-state index is 5.33. The van der Waals surface area contributed by atoms with Crippen molar-refractivity contribution in [1.29, 1.82) is 0 Å². The number of hydrogen-bond acceptors (Lipinski definition) is 3. The SMILES string of the molecule is NCCOc1cnc2[nH]ccc2c1. The molecule has 0 atom stereocenters. The molecule has 0 aromatic carbocycles. The zero-order valence-corrected chi connectivity index (χ0v) is 7.16. The van der Waals surface area contributed by atoms with E-state index in [1.54, 1.807) is 6.20 Å². The first-order valence-corrected chi connectivity index (χ1v) is 4.16. The summed E-state index contributed by atoms with van der Waals surface area (Å²) in [5.41, 5.74) is 6.19. The Morgan fingerprint density at radius 2 is 2.46 bits per heavy atom. The molecule has 2 aromatic heterocycles. The van der Waals surface area contributed by atoms with E-state index in [-0.39, 0.29) is 0 Å². The van der Waals surface area contributed by atoms with Crippen molar-refractivity contribution in [1.82, 2.24) is 9.97 Å². The van der Waals surface area contributed by atoms with Crippen LogP contribution in [0.4, 0.5) is 0 Å². The number of H-pyrrole nitrogens is 1. The van der Waals surface area contributed by atoms with Crippen molar-refractivity contribution in [2.45, 2.75) is 0 Å². The van der Waals surface area contributed by atoms with Crippen LogP contribution in [0.25, 0.3) is 11.0 Å². The minimum atomic E-state index is 0.519. The Hall–Kier alpha value is -1.55. The third kappa shape index (κ3) is 1.62. The summed E-state index contributed by atoms with van der Waals surface area (Å²) >= 11 is 0. The molecular formula is C9H11N3O. The number of aromatic amines is 1. The molecule has 0 spiro atoms. The van der Waals surface area contributed by atoms with Crippen LogP contribution >= 0.6 is 0 Å². The Bertz CT molecular complexity index is 396. The third-order valence-corrected chi connectivity index (χ3v) is 1.76. The number of aromatic nitrogens is 2. The fourth-order valence-electron chi connectivity index (χ4n) is 1.18. The van der Waals surface area contributed by atoms with Crippen LogP contribution in [0.5, 0.6) is 5.75 Å². The van der Waals surface area contributed by atoms with Gasteiger partial charge < -0.3 is 15.5 Å². The minimum Gasteiger partial charge on any atom is -0.491 e. The molecule has 68 valence electrons. The Morgan fingerprint density at radius 3 is 3.31 bits per heavy atom. The smallest absolute Gasteiger partial charge is 0.138 e. The van der Waals surface area contributed by atoms with Gasteiger partial charge in [0.15, 0.2) is 0 Å². The van der Waals surface area contributed by atoms with Gasteiger partial charge in [0.1, 0.15) is 18.0 Å². The first kappa shape index (κ1) is 8.07. The number of ether oxygens (including phenoxy) is 1. The van der Waals surface area contributed by atoms with Gasteiger partial charge in [0.25, 0.3) is 0 Å².